The number of rotatable bonds is 26. The summed E-state index contributed by atoms with van der Waals surface area (Å²) in [5, 5.41) is 17.3. The molecule has 0 N–H and O–H groups in total. The Hall–Kier alpha value is -4.72. The molecule has 0 aromatic heterocycles. The van der Waals surface area contributed by atoms with Crippen LogP contribution in [0.4, 0.5) is 22.7 Å². The number of hydrogen-bond acceptors (Lipinski definition) is 8. The Morgan fingerprint density at radius 1 is 0.294 bits per heavy atom. The van der Waals surface area contributed by atoms with Crippen molar-refractivity contribution in [1.82, 2.24) is 0 Å². The van der Waals surface area contributed by atoms with Crippen molar-refractivity contribution in [2.24, 2.45) is 20.5 Å². The lowest BCUT2D eigenvalue weighted by atomic mass is 10.1. The van der Waals surface area contributed by atoms with Crippen molar-refractivity contribution in [1.29, 1.82) is 0 Å². The molecule has 272 valence electrons. The van der Waals surface area contributed by atoms with Gasteiger partial charge in [0, 0.05) is 0 Å². The zero-order chi connectivity index (χ0) is 35.6. The van der Waals surface area contributed by atoms with Gasteiger partial charge in [-0.25, -0.2) is 0 Å². The number of azo groups is 2. The van der Waals surface area contributed by atoms with Gasteiger partial charge in [0.15, 0.2) is 0 Å². The monoisotopic (exact) mass is 692 g/mol. The average molecular weight is 693 g/mol. The van der Waals surface area contributed by atoms with Crippen molar-refractivity contribution < 1.29 is 18.9 Å². The Morgan fingerprint density at radius 2 is 0.510 bits per heavy atom. The van der Waals surface area contributed by atoms with Crippen LogP contribution < -0.4 is 18.9 Å². The molecule has 4 aromatic rings. The van der Waals surface area contributed by atoms with Crippen molar-refractivity contribution in [3.8, 4) is 23.0 Å². The van der Waals surface area contributed by atoms with Crippen LogP contribution in [-0.4, -0.2) is 26.4 Å². The molecule has 0 heterocycles. The fourth-order valence-corrected chi connectivity index (χ4v) is 5.16. The molecule has 51 heavy (non-hydrogen) atoms. The highest BCUT2D eigenvalue weighted by atomic mass is 16.5. The molecule has 8 nitrogen and oxygen atoms in total. The zero-order valence-corrected chi connectivity index (χ0v) is 30.7. The van der Waals surface area contributed by atoms with Gasteiger partial charge in [-0.15, -0.1) is 0 Å². The molecule has 0 saturated heterocycles. The van der Waals surface area contributed by atoms with Crippen LogP contribution in [0.5, 0.6) is 23.0 Å². The van der Waals surface area contributed by atoms with E-state index >= 15 is 0 Å². The second-order valence-corrected chi connectivity index (χ2v) is 12.7. The van der Waals surface area contributed by atoms with Crippen LogP contribution in [0.2, 0.25) is 0 Å². The van der Waals surface area contributed by atoms with E-state index in [1.807, 2.05) is 97.1 Å². The van der Waals surface area contributed by atoms with Gasteiger partial charge >= 0.3 is 0 Å². The van der Waals surface area contributed by atoms with Crippen LogP contribution in [0.3, 0.4) is 0 Å². The van der Waals surface area contributed by atoms with Gasteiger partial charge in [0.25, 0.3) is 0 Å². The van der Waals surface area contributed by atoms with Gasteiger partial charge in [0.05, 0.1) is 49.2 Å². The molecule has 4 rings (SSSR count). The summed E-state index contributed by atoms with van der Waals surface area (Å²) in [6, 6.07) is 31.0. The molecule has 4 aromatic carbocycles. The fourth-order valence-electron chi connectivity index (χ4n) is 5.16. The Bertz CT molecular complexity index is 1410. The number of unbranched alkanes of at least 4 members (excludes halogenated alkanes) is 10. The van der Waals surface area contributed by atoms with Gasteiger partial charge in [-0.1, -0.05) is 71.6 Å². The summed E-state index contributed by atoms with van der Waals surface area (Å²) in [6.45, 7) is 7.27. The lowest BCUT2D eigenvalue weighted by Crippen LogP contribution is -1.97. The van der Waals surface area contributed by atoms with Gasteiger partial charge in [-0.2, -0.15) is 20.5 Å². The first-order valence-corrected chi connectivity index (χ1v) is 19.0. The summed E-state index contributed by atoms with van der Waals surface area (Å²) < 4.78 is 23.3. The summed E-state index contributed by atoms with van der Waals surface area (Å²) in [6.07, 6.45) is 15.3. The van der Waals surface area contributed by atoms with Crippen LogP contribution in [0.15, 0.2) is 118 Å². The standard InChI is InChI=1S/C43H56N4O4/c1-3-5-32-48-40-24-16-36(17-25-40)44-46-38-20-28-42(29-21-38)50-34-14-12-10-8-7-9-11-13-15-35-51-43-30-22-39(23-31-43)47-45-37-18-26-41(27-19-37)49-33-6-4-2/h16-31H,3-15,32-35H2,1-2H3. The van der Waals surface area contributed by atoms with Crippen LogP contribution in [-0.2, 0) is 0 Å². The number of ether oxygens (including phenoxy) is 4. The van der Waals surface area contributed by atoms with Gasteiger partial charge in [0.1, 0.15) is 23.0 Å². The zero-order valence-electron chi connectivity index (χ0n) is 30.7. The van der Waals surface area contributed by atoms with E-state index in [-0.39, 0.29) is 0 Å². The molecule has 0 spiro atoms. The van der Waals surface area contributed by atoms with Gasteiger partial charge in [0.2, 0.25) is 0 Å². The highest BCUT2D eigenvalue weighted by molar-refractivity contribution is 5.45. The molecule has 0 atom stereocenters. The average Bonchev–Trinajstić information content (AvgIpc) is 3.17. The summed E-state index contributed by atoms with van der Waals surface area (Å²) in [7, 11) is 0. The van der Waals surface area contributed by atoms with E-state index in [9.17, 15) is 0 Å². The minimum atomic E-state index is 0.740. The van der Waals surface area contributed by atoms with Crippen molar-refractivity contribution in [3.63, 3.8) is 0 Å². The maximum Gasteiger partial charge on any atom is 0.119 e. The SMILES string of the molecule is CCCCOc1ccc(N=Nc2ccc(OCCCCCCCCCCCOc3ccc(N=Nc4ccc(OCCCC)cc4)cc3)cc2)cc1. The molecule has 0 radical (unpaired) electrons. The summed E-state index contributed by atoms with van der Waals surface area (Å²) in [5.41, 5.74) is 3.20. The lowest BCUT2D eigenvalue weighted by molar-refractivity contribution is 0.302. The van der Waals surface area contributed by atoms with E-state index < -0.39 is 0 Å². The van der Waals surface area contributed by atoms with Crippen molar-refractivity contribution >= 4 is 22.7 Å². The lowest BCUT2D eigenvalue weighted by Gasteiger charge is -2.07. The first kappa shape index (κ1) is 39.1. The number of benzene rings is 4. The van der Waals surface area contributed by atoms with E-state index in [4.69, 9.17) is 18.9 Å². The third-order valence-corrected chi connectivity index (χ3v) is 8.27. The molecule has 0 amide bonds. The molecule has 8 heteroatoms. The summed E-state index contributed by atoms with van der Waals surface area (Å²) in [5.74, 6) is 3.47. The first-order valence-electron chi connectivity index (χ1n) is 19.0. The predicted octanol–water partition coefficient (Wildman–Crippen LogP) is 13.8. The second kappa shape index (κ2) is 24.4. The Balaban J connectivity index is 0.954. The van der Waals surface area contributed by atoms with Gasteiger partial charge in [-0.05, 0) is 123 Å². The van der Waals surface area contributed by atoms with E-state index in [1.165, 1.54) is 44.9 Å². The molecule has 0 aliphatic carbocycles. The molecule has 0 aliphatic heterocycles. The minimum Gasteiger partial charge on any atom is -0.494 e. The maximum absolute atomic E-state index is 5.93. The van der Waals surface area contributed by atoms with Crippen LogP contribution in [0.1, 0.15) is 97.3 Å². The summed E-state index contributed by atoms with van der Waals surface area (Å²) >= 11 is 0. The first-order chi connectivity index (χ1) is 25.2. The highest BCUT2D eigenvalue weighted by Crippen LogP contribution is 2.25. The normalized spacial score (nSPS) is 11.3. The molecule has 0 aliphatic rings. The molecule has 0 saturated carbocycles. The van der Waals surface area contributed by atoms with Crippen molar-refractivity contribution in [2.75, 3.05) is 26.4 Å². The molecular weight excluding hydrogens is 636 g/mol. The quantitative estimate of drug-likeness (QED) is 0.0484. The van der Waals surface area contributed by atoms with Crippen LogP contribution in [0.25, 0.3) is 0 Å². The third kappa shape index (κ3) is 16.7. The smallest absolute Gasteiger partial charge is 0.119 e. The van der Waals surface area contributed by atoms with Gasteiger partial charge in [-0.3, -0.25) is 0 Å². The number of nitrogens with zero attached hydrogens (tertiary/aromatic N) is 4. The second-order valence-electron chi connectivity index (χ2n) is 12.7. The Morgan fingerprint density at radius 3 is 0.745 bits per heavy atom. The largest absolute Gasteiger partial charge is 0.494 e. The van der Waals surface area contributed by atoms with Crippen molar-refractivity contribution in [3.05, 3.63) is 97.1 Å². The molecule has 0 bridgehead atoms. The van der Waals surface area contributed by atoms with Crippen LogP contribution >= 0.6 is 0 Å². The predicted molar refractivity (Wildman–Crippen MR) is 207 cm³/mol. The molecule has 0 fully saturated rings. The van der Waals surface area contributed by atoms with E-state index in [1.54, 1.807) is 0 Å². The minimum absolute atomic E-state index is 0.740. The van der Waals surface area contributed by atoms with E-state index in [2.05, 4.69) is 34.3 Å². The van der Waals surface area contributed by atoms with Crippen molar-refractivity contribution in [2.45, 2.75) is 97.3 Å². The summed E-state index contributed by atoms with van der Waals surface area (Å²) in [4.78, 5) is 0. The van der Waals surface area contributed by atoms with E-state index in [0.717, 1.165) is 111 Å². The Labute approximate surface area is 305 Å². The fraction of sp³-hybridized carbons (Fsp3) is 0.442. The topological polar surface area (TPSA) is 86.4 Å². The maximum atomic E-state index is 5.93. The molecule has 0 unspecified atom stereocenters. The molecular formula is C43H56N4O4. The van der Waals surface area contributed by atoms with Gasteiger partial charge < -0.3 is 18.9 Å². The Kier molecular flexibility index (Phi) is 18.7. The highest BCUT2D eigenvalue weighted by Gasteiger charge is 2.00. The number of hydrogen-bond donors (Lipinski definition) is 0. The van der Waals surface area contributed by atoms with Crippen LogP contribution in [0, 0.1) is 0 Å². The van der Waals surface area contributed by atoms with E-state index in [0.29, 0.717) is 0 Å². The third-order valence-electron chi connectivity index (χ3n) is 8.27.